The van der Waals surface area contributed by atoms with E-state index in [1.165, 1.54) is 19.0 Å². The van der Waals surface area contributed by atoms with Crippen LogP contribution in [0.4, 0.5) is 0 Å². The molecule has 7 heteroatoms. The lowest BCUT2D eigenvalue weighted by molar-refractivity contribution is -0.134. The summed E-state index contributed by atoms with van der Waals surface area (Å²) in [5.74, 6) is -0.347. The van der Waals surface area contributed by atoms with Gasteiger partial charge in [-0.05, 0) is 62.3 Å². The van der Waals surface area contributed by atoms with Crippen molar-refractivity contribution in [1.29, 1.82) is 5.26 Å². The largest absolute Gasteiger partial charge is 0.341 e. The summed E-state index contributed by atoms with van der Waals surface area (Å²) < 4.78 is 1.57. The van der Waals surface area contributed by atoms with Crippen LogP contribution in [-0.4, -0.2) is 45.6 Å². The highest BCUT2D eigenvalue weighted by Crippen LogP contribution is 2.53. The van der Waals surface area contributed by atoms with Crippen LogP contribution in [0.1, 0.15) is 48.5 Å². The smallest absolute Gasteiger partial charge is 0.255 e. The molecule has 1 unspecified atom stereocenters. The number of benzene rings is 1. The van der Waals surface area contributed by atoms with Gasteiger partial charge in [-0.3, -0.25) is 9.59 Å². The first-order valence-corrected chi connectivity index (χ1v) is 9.65. The molecule has 4 rings (SSSR count). The van der Waals surface area contributed by atoms with Crippen LogP contribution in [0.5, 0.6) is 0 Å². The molecule has 1 saturated heterocycles. The molecule has 1 N–H and O–H groups in total. The van der Waals surface area contributed by atoms with E-state index in [0.29, 0.717) is 16.5 Å². The van der Waals surface area contributed by atoms with Gasteiger partial charge in [-0.15, -0.1) is 0 Å². The zero-order chi connectivity index (χ0) is 19.7. The summed E-state index contributed by atoms with van der Waals surface area (Å²) in [6.45, 7) is 3.30. The summed E-state index contributed by atoms with van der Waals surface area (Å²) in [7, 11) is 0. The fraction of sp³-hybridized carbons (Fsp3) is 0.429. The number of likely N-dealkylation sites (tertiary alicyclic amines) is 1. The van der Waals surface area contributed by atoms with Crippen LogP contribution in [0.2, 0.25) is 0 Å². The molecular weight excluding hydrogens is 354 g/mol. The number of amides is 2. The van der Waals surface area contributed by atoms with E-state index in [1.807, 2.05) is 4.90 Å². The molecule has 0 radical (unpaired) electrons. The van der Waals surface area contributed by atoms with Gasteiger partial charge in [0.25, 0.3) is 5.91 Å². The Hall–Kier alpha value is -3.14. The van der Waals surface area contributed by atoms with E-state index in [9.17, 15) is 9.59 Å². The third-order valence-corrected chi connectivity index (χ3v) is 5.92. The van der Waals surface area contributed by atoms with Gasteiger partial charge in [-0.1, -0.05) is 0 Å². The van der Waals surface area contributed by atoms with Crippen LogP contribution in [0, 0.1) is 16.7 Å². The number of piperidine rings is 1. The standard InChI is InChI=1S/C21H23N5O2/c1-15(20(28)25-10-8-21(6-7-21)9-11-25)24-19(27)17-13-23-26(14-17)18-4-2-16(12-22)3-5-18/h2-5,13-15H,6-11H2,1H3,(H,24,27). The van der Waals surface area contributed by atoms with Crippen LogP contribution < -0.4 is 5.32 Å². The van der Waals surface area contributed by atoms with Crippen molar-refractivity contribution in [2.75, 3.05) is 13.1 Å². The number of nitrogens with one attached hydrogen (secondary N) is 1. The van der Waals surface area contributed by atoms with E-state index in [4.69, 9.17) is 5.26 Å². The Morgan fingerprint density at radius 2 is 1.86 bits per heavy atom. The molecule has 28 heavy (non-hydrogen) atoms. The highest BCUT2D eigenvalue weighted by atomic mass is 16.2. The maximum absolute atomic E-state index is 12.6. The summed E-state index contributed by atoms with van der Waals surface area (Å²) in [5.41, 5.74) is 2.22. The zero-order valence-electron chi connectivity index (χ0n) is 15.9. The summed E-state index contributed by atoms with van der Waals surface area (Å²) in [6.07, 6.45) is 7.84. The molecule has 2 aromatic rings. The highest BCUT2D eigenvalue weighted by molar-refractivity contribution is 5.97. The molecule has 144 valence electrons. The van der Waals surface area contributed by atoms with Gasteiger partial charge in [-0.25, -0.2) is 4.68 Å². The second-order valence-corrected chi connectivity index (χ2v) is 7.85. The van der Waals surface area contributed by atoms with E-state index in [-0.39, 0.29) is 11.8 Å². The lowest BCUT2D eigenvalue weighted by Crippen LogP contribution is -2.49. The van der Waals surface area contributed by atoms with Crippen molar-refractivity contribution in [2.24, 2.45) is 5.41 Å². The topological polar surface area (TPSA) is 91.0 Å². The van der Waals surface area contributed by atoms with Crippen molar-refractivity contribution in [1.82, 2.24) is 20.0 Å². The first-order valence-electron chi connectivity index (χ1n) is 9.65. The molecule has 7 nitrogen and oxygen atoms in total. The molecule has 1 saturated carbocycles. The second kappa shape index (κ2) is 7.12. The minimum Gasteiger partial charge on any atom is -0.341 e. The first kappa shape index (κ1) is 18.2. The van der Waals surface area contributed by atoms with Gasteiger partial charge in [0, 0.05) is 19.3 Å². The summed E-state index contributed by atoms with van der Waals surface area (Å²) in [6, 6.07) is 8.42. The number of carbonyl (C=O) groups is 2. The Labute approximate surface area is 163 Å². The predicted molar refractivity (Wildman–Crippen MR) is 103 cm³/mol. The maximum Gasteiger partial charge on any atom is 0.255 e. The van der Waals surface area contributed by atoms with Crippen LogP contribution >= 0.6 is 0 Å². The third kappa shape index (κ3) is 3.63. The molecule has 2 fully saturated rings. The molecule has 1 atom stereocenters. The molecule has 1 aliphatic heterocycles. The van der Waals surface area contributed by atoms with Gasteiger partial charge >= 0.3 is 0 Å². The fourth-order valence-electron chi connectivity index (χ4n) is 3.76. The van der Waals surface area contributed by atoms with Crippen LogP contribution in [0.15, 0.2) is 36.7 Å². The van der Waals surface area contributed by atoms with Gasteiger partial charge in [0.1, 0.15) is 6.04 Å². The number of aromatic nitrogens is 2. The maximum atomic E-state index is 12.6. The molecule has 1 aliphatic carbocycles. The van der Waals surface area contributed by atoms with Gasteiger partial charge < -0.3 is 10.2 Å². The quantitative estimate of drug-likeness (QED) is 0.885. The zero-order valence-corrected chi connectivity index (χ0v) is 15.9. The van der Waals surface area contributed by atoms with Gasteiger partial charge in [0.05, 0.1) is 29.1 Å². The number of hydrogen-bond donors (Lipinski definition) is 1. The molecule has 0 bridgehead atoms. The Balaban J connectivity index is 1.36. The van der Waals surface area contributed by atoms with Crippen LogP contribution in [0.3, 0.4) is 0 Å². The minimum absolute atomic E-state index is 0.0247. The number of rotatable bonds is 4. The van der Waals surface area contributed by atoms with Crippen molar-refractivity contribution in [3.8, 4) is 11.8 Å². The normalized spacial score (nSPS) is 18.4. The highest BCUT2D eigenvalue weighted by Gasteiger charge is 2.45. The average molecular weight is 377 g/mol. The van der Waals surface area contributed by atoms with E-state index in [0.717, 1.165) is 31.6 Å². The lowest BCUT2D eigenvalue weighted by Gasteiger charge is -2.33. The fourth-order valence-corrected chi connectivity index (χ4v) is 3.76. The summed E-state index contributed by atoms with van der Waals surface area (Å²) in [4.78, 5) is 27.0. The van der Waals surface area contributed by atoms with E-state index < -0.39 is 6.04 Å². The molecule has 1 aromatic heterocycles. The van der Waals surface area contributed by atoms with Crippen molar-refractivity contribution in [2.45, 2.75) is 38.6 Å². The second-order valence-electron chi connectivity index (χ2n) is 7.85. The molecular formula is C21H23N5O2. The van der Waals surface area contributed by atoms with Crippen molar-refractivity contribution < 1.29 is 9.59 Å². The van der Waals surface area contributed by atoms with Crippen molar-refractivity contribution >= 4 is 11.8 Å². The molecule has 2 aliphatic rings. The summed E-state index contributed by atoms with van der Waals surface area (Å²) in [5, 5.41) is 15.9. The van der Waals surface area contributed by atoms with Crippen LogP contribution in [0.25, 0.3) is 5.69 Å². The SMILES string of the molecule is CC(NC(=O)c1cnn(-c2ccc(C#N)cc2)c1)C(=O)N1CCC2(CC1)CC2. The molecule has 1 aromatic carbocycles. The van der Waals surface area contributed by atoms with Crippen LogP contribution in [-0.2, 0) is 4.79 Å². The molecule has 2 heterocycles. The Kier molecular flexibility index (Phi) is 4.63. The lowest BCUT2D eigenvalue weighted by atomic mass is 9.93. The molecule has 2 amide bonds. The Morgan fingerprint density at radius 1 is 1.18 bits per heavy atom. The predicted octanol–water partition coefficient (Wildman–Crippen LogP) is 2.26. The van der Waals surface area contributed by atoms with E-state index >= 15 is 0 Å². The number of nitrogens with zero attached hydrogens (tertiary/aromatic N) is 4. The minimum atomic E-state index is -0.570. The molecule has 1 spiro atoms. The van der Waals surface area contributed by atoms with E-state index in [1.54, 1.807) is 42.1 Å². The monoisotopic (exact) mass is 377 g/mol. The number of nitriles is 1. The third-order valence-electron chi connectivity index (χ3n) is 5.92. The van der Waals surface area contributed by atoms with E-state index in [2.05, 4.69) is 16.5 Å². The van der Waals surface area contributed by atoms with Crippen molar-refractivity contribution in [3.63, 3.8) is 0 Å². The Bertz CT molecular complexity index is 926. The van der Waals surface area contributed by atoms with Crippen molar-refractivity contribution in [3.05, 3.63) is 47.8 Å². The number of hydrogen-bond acceptors (Lipinski definition) is 4. The van der Waals surface area contributed by atoms with Gasteiger partial charge in [0.2, 0.25) is 5.91 Å². The Morgan fingerprint density at radius 3 is 2.46 bits per heavy atom. The number of carbonyl (C=O) groups excluding carboxylic acids is 2. The van der Waals surface area contributed by atoms with Gasteiger partial charge in [-0.2, -0.15) is 10.4 Å². The van der Waals surface area contributed by atoms with Gasteiger partial charge in [0.15, 0.2) is 0 Å². The average Bonchev–Trinajstić information content (AvgIpc) is 3.28. The summed E-state index contributed by atoms with van der Waals surface area (Å²) >= 11 is 0. The first-order chi connectivity index (χ1) is 13.5.